The smallest absolute Gasteiger partial charge is 0.407 e. The van der Waals surface area contributed by atoms with E-state index in [1.807, 2.05) is 26.0 Å². The maximum Gasteiger partial charge on any atom is 0.407 e. The number of anilines is 1. The number of carbonyl (C=O) groups is 1. The number of ether oxygens (including phenoxy) is 1. The molecule has 2 atom stereocenters. The fraction of sp³-hybridized carbons (Fsp3) is 0.562. The molecule has 1 unspecified atom stereocenters. The normalized spacial score (nSPS) is 18.9. The van der Waals surface area contributed by atoms with Crippen LogP contribution in [0.3, 0.4) is 0 Å². The molecule has 0 saturated heterocycles. The zero-order valence-corrected chi connectivity index (χ0v) is 14.8. The number of benzene rings is 1. The van der Waals surface area contributed by atoms with Crippen LogP contribution in [0.2, 0.25) is 0 Å². The Morgan fingerprint density at radius 2 is 2.10 bits per heavy atom. The van der Waals surface area contributed by atoms with Crippen molar-refractivity contribution in [2.45, 2.75) is 46.1 Å². The van der Waals surface area contributed by atoms with E-state index in [-0.39, 0.29) is 12.0 Å². The van der Waals surface area contributed by atoms with Gasteiger partial charge >= 0.3 is 6.09 Å². The van der Waals surface area contributed by atoms with Crippen molar-refractivity contribution in [2.75, 3.05) is 18.5 Å². The highest BCUT2D eigenvalue weighted by Gasteiger charge is 2.32. The van der Waals surface area contributed by atoms with E-state index in [4.69, 9.17) is 4.74 Å². The minimum Gasteiger partial charge on any atom is -0.450 e. The molecule has 21 heavy (non-hydrogen) atoms. The van der Waals surface area contributed by atoms with Crippen molar-refractivity contribution in [1.82, 2.24) is 5.32 Å². The SMILES string of the molecule is CC.CCOC(=O)NCC1c2cccc(Br)c2N[C@H]1CC. The molecule has 1 amide bonds. The Labute approximate surface area is 135 Å². The van der Waals surface area contributed by atoms with Crippen molar-refractivity contribution < 1.29 is 9.53 Å². The van der Waals surface area contributed by atoms with Gasteiger partial charge in [0.2, 0.25) is 0 Å². The molecule has 2 N–H and O–H groups in total. The molecule has 0 aliphatic carbocycles. The molecule has 1 aliphatic rings. The monoisotopic (exact) mass is 356 g/mol. The minimum atomic E-state index is -0.346. The van der Waals surface area contributed by atoms with E-state index >= 15 is 0 Å². The van der Waals surface area contributed by atoms with E-state index in [0.717, 1.165) is 16.6 Å². The number of hydrogen-bond acceptors (Lipinski definition) is 3. The van der Waals surface area contributed by atoms with Crippen LogP contribution >= 0.6 is 15.9 Å². The molecule has 1 aromatic carbocycles. The predicted molar refractivity (Wildman–Crippen MR) is 91.0 cm³/mol. The number of halogens is 1. The summed E-state index contributed by atoms with van der Waals surface area (Å²) in [5.74, 6) is 0.280. The van der Waals surface area contributed by atoms with E-state index in [9.17, 15) is 4.79 Å². The van der Waals surface area contributed by atoms with Gasteiger partial charge in [-0.3, -0.25) is 0 Å². The maximum atomic E-state index is 11.4. The molecule has 0 spiro atoms. The summed E-state index contributed by atoms with van der Waals surface area (Å²) >= 11 is 3.56. The average Bonchev–Trinajstić information content (AvgIpc) is 2.87. The first kappa shape index (κ1) is 17.8. The van der Waals surface area contributed by atoms with E-state index in [1.54, 1.807) is 6.92 Å². The molecule has 0 fully saturated rings. The molecule has 1 heterocycles. The molecule has 2 rings (SSSR count). The Kier molecular flexibility index (Phi) is 7.57. The molecular formula is C16H25BrN2O2. The molecule has 1 aliphatic heterocycles. The summed E-state index contributed by atoms with van der Waals surface area (Å²) in [6, 6.07) is 6.51. The lowest BCUT2D eigenvalue weighted by Gasteiger charge is -2.19. The number of amides is 1. The summed E-state index contributed by atoms with van der Waals surface area (Å²) < 4.78 is 5.97. The predicted octanol–water partition coefficient (Wildman–Crippen LogP) is 4.51. The lowest BCUT2D eigenvalue weighted by Crippen LogP contribution is -2.33. The van der Waals surface area contributed by atoms with Crippen molar-refractivity contribution in [1.29, 1.82) is 0 Å². The maximum absolute atomic E-state index is 11.4. The van der Waals surface area contributed by atoms with Gasteiger partial charge in [0.25, 0.3) is 0 Å². The number of alkyl carbamates (subject to hydrolysis) is 1. The van der Waals surface area contributed by atoms with Gasteiger partial charge < -0.3 is 15.4 Å². The van der Waals surface area contributed by atoms with Crippen LogP contribution in [-0.2, 0) is 4.74 Å². The fourth-order valence-electron chi connectivity index (χ4n) is 2.52. The van der Waals surface area contributed by atoms with Crippen LogP contribution in [0.4, 0.5) is 10.5 Å². The Morgan fingerprint density at radius 1 is 1.38 bits per heavy atom. The molecule has 0 radical (unpaired) electrons. The van der Waals surface area contributed by atoms with Crippen LogP contribution in [0, 0.1) is 0 Å². The van der Waals surface area contributed by atoms with Crippen molar-refractivity contribution >= 4 is 27.7 Å². The van der Waals surface area contributed by atoms with Crippen LogP contribution < -0.4 is 10.6 Å². The van der Waals surface area contributed by atoms with Gasteiger partial charge in [0.05, 0.1) is 12.3 Å². The van der Waals surface area contributed by atoms with E-state index in [0.29, 0.717) is 19.2 Å². The van der Waals surface area contributed by atoms with Gasteiger partial charge in [-0.1, -0.05) is 32.9 Å². The number of nitrogens with one attached hydrogen (secondary N) is 2. The summed E-state index contributed by atoms with van der Waals surface area (Å²) in [7, 11) is 0. The highest BCUT2D eigenvalue weighted by atomic mass is 79.9. The van der Waals surface area contributed by atoms with Crippen LogP contribution in [0.1, 0.15) is 45.6 Å². The van der Waals surface area contributed by atoms with Crippen LogP contribution in [0.25, 0.3) is 0 Å². The second-order valence-corrected chi connectivity index (χ2v) is 5.43. The highest BCUT2D eigenvalue weighted by Crippen LogP contribution is 2.41. The highest BCUT2D eigenvalue weighted by molar-refractivity contribution is 9.10. The Morgan fingerprint density at radius 3 is 2.71 bits per heavy atom. The first-order valence-corrected chi connectivity index (χ1v) is 8.42. The van der Waals surface area contributed by atoms with Gasteiger partial charge in [-0.05, 0) is 40.9 Å². The van der Waals surface area contributed by atoms with Gasteiger partial charge in [-0.15, -0.1) is 0 Å². The first-order valence-electron chi connectivity index (χ1n) is 7.62. The summed E-state index contributed by atoms with van der Waals surface area (Å²) in [4.78, 5) is 11.4. The largest absolute Gasteiger partial charge is 0.450 e. The zero-order valence-electron chi connectivity index (χ0n) is 13.2. The van der Waals surface area contributed by atoms with Crippen LogP contribution in [0.15, 0.2) is 22.7 Å². The molecule has 0 bridgehead atoms. The first-order chi connectivity index (χ1) is 10.2. The molecule has 0 aromatic heterocycles. The molecule has 1 aromatic rings. The van der Waals surface area contributed by atoms with Crippen LogP contribution in [-0.4, -0.2) is 25.3 Å². The zero-order chi connectivity index (χ0) is 15.8. The summed E-state index contributed by atoms with van der Waals surface area (Å²) in [5, 5.41) is 6.35. The van der Waals surface area contributed by atoms with Gasteiger partial charge in [0, 0.05) is 23.0 Å². The number of rotatable bonds is 4. The number of fused-ring (bicyclic) bond motifs is 1. The summed E-state index contributed by atoms with van der Waals surface area (Å²) in [6.45, 7) is 8.94. The topological polar surface area (TPSA) is 50.4 Å². The second kappa shape index (κ2) is 8.93. The van der Waals surface area contributed by atoms with E-state index in [2.05, 4.69) is 39.6 Å². The number of hydrogen-bond donors (Lipinski definition) is 2. The van der Waals surface area contributed by atoms with Crippen molar-refractivity contribution in [2.24, 2.45) is 0 Å². The standard InChI is InChI=1S/C14H19BrN2O2.C2H6/c1-3-12-10(8-16-14(18)19-4-2)9-6-5-7-11(15)13(9)17-12;1-2/h5-7,10,12,17H,3-4,8H2,1-2H3,(H,16,18);1-2H3/t10?,12-;/m0./s1. The van der Waals surface area contributed by atoms with Crippen LogP contribution in [0.5, 0.6) is 0 Å². The van der Waals surface area contributed by atoms with Gasteiger partial charge in [0.15, 0.2) is 0 Å². The quantitative estimate of drug-likeness (QED) is 0.834. The average molecular weight is 357 g/mol. The van der Waals surface area contributed by atoms with Crippen molar-refractivity contribution in [3.05, 3.63) is 28.2 Å². The Bertz CT molecular complexity index is 466. The third-order valence-corrected chi connectivity index (χ3v) is 4.10. The van der Waals surface area contributed by atoms with Crippen molar-refractivity contribution in [3.8, 4) is 0 Å². The minimum absolute atomic E-state index is 0.280. The van der Waals surface area contributed by atoms with Crippen molar-refractivity contribution in [3.63, 3.8) is 0 Å². The molecule has 5 heteroatoms. The van der Waals surface area contributed by atoms with E-state index < -0.39 is 0 Å². The number of carbonyl (C=O) groups excluding carboxylic acids is 1. The lowest BCUT2D eigenvalue weighted by molar-refractivity contribution is 0.151. The van der Waals surface area contributed by atoms with E-state index in [1.165, 1.54) is 5.56 Å². The summed E-state index contributed by atoms with van der Waals surface area (Å²) in [5.41, 5.74) is 2.39. The summed E-state index contributed by atoms with van der Waals surface area (Å²) in [6.07, 6.45) is 0.664. The van der Waals surface area contributed by atoms with Gasteiger partial charge in [-0.25, -0.2) is 4.79 Å². The Balaban J connectivity index is 0.00000106. The fourth-order valence-corrected chi connectivity index (χ4v) is 3.02. The molecular weight excluding hydrogens is 332 g/mol. The third-order valence-electron chi connectivity index (χ3n) is 3.44. The third kappa shape index (κ3) is 4.37. The van der Waals surface area contributed by atoms with Gasteiger partial charge in [-0.2, -0.15) is 0 Å². The molecule has 0 saturated carbocycles. The molecule has 118 valence electrons. The molecule has 4 nitrogen and oxygen atoms in total. The Hall–Kier alpha value is -1.23. The number of para-hydroxylation sites is 1. The second-order valence-electron chi connectivity index (χ2n) is 4.57. The lowest BCUT2D eigenvalue weighted by atomic mass is 9.93. The van der Waals surface area contributed by atoms with Gasteiger partial charge in [0.1, 0.15) is 0 Å².